The molecule has 0 bridgehead atoms. The molecule has 1 saturated heterocycles. The van der Waals surface area contributed by atoms with Crippen molar-refractivity contribution in [2.45, 2.75) is 26.7 Å². The van der Waals surface area contributed by atoms with E-state index < -0.39 is 0 Å². The van der Waals surface area contributed by atoms with E-state index in [0.29, 0.717) is 13.1 Å². The highest BCUT2D eigenvalue weighted by atomic mass is 16.2. The second-order valence-corrected chi connectivity index (χ2v) is 5.15. The molecule has 0 N–H and O–H groups in total. The van der Waals surface area contributed by atoms with Crippen molar-refractivity contribution >= 4 is 17.5 Å². The number of amides is 2. The van der Waals surface area contributed by atoms with E-state index in [9.17, 15) is 9.59 Å². The van der Waals surface area contributed by atoms with Gasteiger partial charge < -0.3 is 9.80 Å². The summed E-state index contributed by atoms with van der Waals surface area (Å²) in [5.41, 5.74) is 0.909. The topological polar surface area (TPSA) is 40.6 Å². The lowest BCUT2D eigenvalue weighted by Gasteiger charge is -2.35. The van der Waals surface area contributed by atoms with E-state index in [1.165, 1.54) is 0 Å². The molecule has 0 spiro atoms. The van der Waals surface area contributed by atoms with Crippen LogP contribution in [0.2, 0.25) is 0 Å². The summed E-state index contributed by atoms with van der Waals surface area (Å²) in [6.45, 7) is 5.44. The van der Waals surface area contributed by atoms with Crippen LogP contribution in [0.5, 0.6) is 0 Å². The minimum atomic E-state index is 0.00163. The number of nitrogens with zero attached hydrogens (tertiary/aromatic N) is 2. The van der Waals surface area contributed by atoms with E-state index in [1.807, 2.05) is 44.2 Å². The van der Waals surface area contributed by atoms with Crippen LogP contribution in [0.3, 0.4) is 0 Å². The molecular formula is C16H22N2O2. The molecule has 1 aromatic carbocycles. The molecule has 0 aliphatic carbocycles. The standard InChI is InChI=1S/C16H22N2O2/c1-3-13(4-2)16(20)17-10-11-18(15(19)12-17)14-8-6-5-7-9-14/h5-9,13H,3-4,10-12H2,1-2H3. The molecule has 0 aromatic heterocycles. The average Bonchev–Trinajstić information content (AvgIpc) is 2.49. The highest BCUT2D eigenvalue weighted by Gasteiger charge is 2.30. The minimum absolute atomic E-state index is 0.00163. The predicted molar refractivity (Wildman–Crippen MR) is 79.4 cm³/mol. The average molecular weight is 274 g/mol. The molecule has 1 aliphatic rings. The lowest BCUT2D eigenvalue weighted by atomic mass is 10.0. The van der Waals surface area contributed by atoms with Crippen molar-refractivity contribution in [3.8, 4) is 0 Å². The highest BCUT2D eigenvalue weighted by molar-refractivity contribution is 5.98. The number of carbonyl (C=O) groups is 2. The largest absolute Gasteiger partial charge is 0.331 e. The van der Waals surface area contributed by atoms with E-state index in [4.69, 9.17) is 0 Å². The van der Waals surface area contributed by atoms with Crippen LogP contribution in [0.1, 0.15) is 26.7 Å². The first-order valence-corrected chi connectivity index (χ1v) is 7.31. The Kier molecular flexibility index (Phi) is 4.77. The maximum absolute atomic E-state index is 12.3. The third-order valence-electron chi connectivity index (χ3n) is 3.94. The molecule has 20 heavy (non-hydrogen) atoms. The first kappa shape index (κ1) is 14.6. The normalized spacial score (nSPS) is 15.8. The molecular weight excluding hydrogens is 252 g/mol. The van der Waals surface area contributed by atoms with Crippen molar-refractivity contribution in [2.75, 3.05) is 24.5 Å². The molecule has 1 heterocycles. The van der Waals surface area contributed by atoms with Crippen molar-refractivity contribution in [3.05, 3.63) is 30.3 Å². The Balaban J connectivity index is 2.02. The number of piperazine rings is 1. The van der Waals surface area contributed by atoms with Crippen molar-refractivity contribution in [2.24, 2.45) is 5.92 Å². The Morgan fingerprint density at radius 2 is 1.80 bits per heavy atom. The van der Waals surface area contributed by atoms with E-state index in [-0.39, 0.29) is 24.3 Å². The van der Waals surface area contributed by atoms with Crippen LogP contribution in [0.25, 0.3) is 0 Å². The summed E-state index contributed by atoms with van der Waals surface area (Å²) in [4.78, 5) is 28.0. The summed E-state index contributed by atoms with van der Waals surface area (Å²) in [5, 5.41) is 0. The van der Waals surface area contributed by atoms with Gasteiger partial charge in [-0.15, -0.1) is 0 Å². The van der Waals surface area contributed by atoms with Crippen LogP contribution in [0.15, 0.2) is 30.3 Å². The van der Waals surface area contributed by atoms with Gasteiger partial charge in [-0.2, -0.15) is 0 Å². The molecule has 1 aliphatic heterocycles. The van der Waals surface area contributed by atoms with Gasteiger partial charge in [-0.3, -0.25) is 9.59 Å². The highest BCUT2D eigenvalue weighted by Crippen LogP contribution is 2.19. The van der Waals surface area contributed by atoms with Crippen LogP contribution in [0.4, 0.5) is 5.69 Å². The van der Waals surface area contributed by atoms with Gasteiger partial charge in [0.25, 0.3) is 0 Å². The Morgan fingerprint density at radius 1 is 1.15 bits per heavy atom. The third kappa shape index (κ3) is 3.00. The molecule has 1 fully saturated rings. The zero-order valence-electron chi connectivity index (χ0n) is 12.2. The van der Waals surface area contributed by atoms with Crippen LogP contribution in [-0.4, -0.2) is 36.3 Å². The van der Waals surface area contributed by atoms with Gasteiger partial charge in [0.2, 0.25) is 11.8 Å². The molecule has 2 rings (SSSR count). The van der Waals surface area contributed by atoms with Crippen molar-refractivity contribution in [1.29, 1.82) is 0 Å². The Morgan fingerprint density at radius 3 is 2.35 bits per heavy atom. The summed E-state index contributed by atoms with van der Waals surface area (Å²) in [6.07, 6.45) is 1.67. The molecule has 4 heteroatoms. The number of para-hydroxylation sites is 1. The van der Waals surface area contributed by atoms with Gasteiger partial charge in [0.1, 0.15) is 6.54 Å². The number of rotatable bonds is 4. The number of hydrogen-bond acceptors (Lipinski definition) is 2. The maximum Gasteiger partial charge on any atom is 0.246 e. The Bertz CT molecular complexity index is 469. The van der Waals surface area contributed by atoms with E-state index in [2.05, 4.69) is 0 Å². The van der Waals surface area contributed by atoms with Crippen LogP contribution in [-0.2, 0) is 9.59 Å². The van der Waals surface area contributed by atoms with Crippen LogP contribution in [0, 0.1) is 5.92 Å². The maximum atomic E-state index is 12.3. The van der Waals surface area contributed by atoms with Gasteiger partial charge in [0, 0.05) is 24.7 Å². The third-order valence-corrected chi connectivity index (χ3v) is 3.94. The molecule has 0 radical (unpaired) electrons. The summed E-state index contributed by atoms with van der Waals surface area (Å²) < 4.78 is 0. The lowest BCUT2D eigenvalue weighted by Crippen LogP contribution is -2.53. The predicted octanol–water partition coefficient (Wildman–Crippen LogP) is 2.30. The fourth-order valence-electron chi connectivity index (χ4n) is 2.64. The summed E-state index contributed by atoms with van der Waals surface area (Å²) in [7, 11) is 0. The first-order valence-electron chi connectivity index (χ1n) is 7.31. The summed E-state index contributed by atoms with van der Waals surface area (Å²) >= 11 is 0. The molecule has 0 saturated carbocycles. The second kappa shape index (κ2) is 6.55. The van der Waals surface area contributed by atoms with Crippen molar-refractivity contribution in [3.63, 3.8) is 0 Å². The fraction of sp³-hybridized carbons (Fsp3) is 0.500. The lowest BCUT2D eigenvalue weighted by molar-refractivity contribution is -0.140. The number of benzene rings is 1. The molecule has 4 nitrogen and oxygen atoms in total. The zero-order chi connectivity index (χ0) is 14.5. The van der Waals surface area contributed by atoms with E-state index >= 15 is 0 Å². The SMILES string of the molecule is CCC(CC)C(=O)N1CCN(c2ccccc2)C(=O)C1. The molecule has 108 valence electrons. The van der Waals surface area contributed by atoms with Gasteiger partial charge >= 0.3 is 0 Å². The molecule has 0 atom stereocenters. The second-order valence-electron chi connectivity index (χ2n) is 5.15. The van der Waals surface area contributed by atoms with Gasteiger partial charge in [-0.05, 0) is 25.0 Å². The number of carbonyl (C=O) groups excluding carboxylic acids is 2. The van der Waals surface area contributed by atoms with E-state index in [0.717, 1.165) is 18.5 Å². The van der Waals surface area contributed by atoms with E-state index in [1.54, 1.807) is 9.80 Å². The monoisotopic (exact) mass is 274 g/mol. The quantitative estimate of drug-likeness (QED) is 0.845. The van der Waals surface area contributed by atoms with Crippen molar-refractivity contribution < 1.29 is 9.59 Å². The first-order chi connectivity index (χ1) is 9.67. The molecule has 1 aromatic rings. The Labute approximate surface area is 120 Å². The fourth-order valence-corrected chi connectivity index (χ4v) is 2.64. The smallest absolute Gasteiger partial charge is 0.246 e. The molecule has 2 amide bonds. The van der Waals surface area contributed by atoms with Gasteiger partial charge in [0.15, 0.2) is 0 Å². The zero-order valence-corrected chi connectivity index (χ0v) is 12.2. The van der Waals surface area contributed by atoms with Crippen LogP contribution < -0.4 is 4.90 Å². The number of hydrogen-bond donors (Lipinski definition) is 0. The molecule has 0 unspecified atom stereocenters. The van der Waals surface area contributed by atoms with Gasteiger partial charge in [-0.1, -0.05) is 32.0 Å². The Hall–Kier alpha value is -1.84. The summed E-state index contributed by atoms with van der Waals surface area (Å²) in [5.74, 6) is 0.170. The van der Waals surface area contributed by atoms with Crippen LogP contribution >= 0.6 is 0 Å². The van der Waals surface area contributed by atoms with Gasteiger partial charge in [0.05, 0.1) is 0 Å². The minimum Gasteiger partial charge on any atom is -0.331 e. The summed E-state index contributed by atoms with van der Waals surface area (Å²) in [6, 6.07) is 9.63. The van der Waals surface area contributed by atoms with Gasteiger partial charge in [-0.25, -0.2) is 0 Å². The van der Waals surface area contributed by atoms with Crippen molar-refractivity contribution in [1.82, 2.24) is 4.90 Å². The number of anilines is 1.